The Bertz CT molecular complexity index is 1130. The molecule has 2 N–H and O–H groups in total. The van der Waals surface area contributed by atoms with Crippen LogP contribution in [-0.2, 0) is 9.53 Å². The molecule has 0 spiro atoms. The molecule has 8 heteroatoms. The molecule has 3 rings (SSSR count). The maximum absolute atomic E-state index is 12.7. The fraction of sp³-hybridized carbons (Fsp3) is 0.240. The summed E-state index contributed by atoms with van der Waals surface area (Å²) in [5, 5.41) is 8.01. The largest absolute Gasteiger partial charge is 0.483 e. The SMILES string of the molecule is CCOC(=O)c1c(-c2ccccc2)csc1NC(=S)NC(=O)COc1ccccc1C(C)C. The Hall–Kier alpha value is -3.23. The summed E-state index contributed by atoms with van der Waals surface area (Å²) in [6.45, 7) is 5.94. The molecule has 0 aliphatic heterocycles. The molecule has 1 amide bonds. The number of anilines is 1. The van der Waals surface area contributed by atoms with E-state index >= 15 is 0 Å². The quantitative estimate of drug-likeness (QED) is 0.321. The fourth-order valence-electron chi connectivity index (χ4n) is 3.22. The maximum atomic E-state index is 12.7. The van der Waals surface area contributed by atoms with E-state index in [-0.39, 0.29) is 24.2 Å². The number of para-hydroxylation sites is 1. The van der Waals surface area contributed by atoms with Crippen LogP contribution in [0.3, 0.4) is 0 Å². The van der Waals surface area contributed by atoms with Gasteiger partial charge in [-0.1, -0.05) is 62.4 Å². The van der Waals surface area contributed by atoms with Crippen LogP contribution in [0.4, 0.5) is 5.00 Å². The molecule has 0 fully saturated rings. The third kappa shape index (κ3) is 6.40. The molecule has 0 saturated carbocycles. The van der Waals surface area contributed by atoms with Crippen LogP contribution in [0.1, 0.15) is 42.6 Å². The number of hydrogen-bond acceptors (Lipinski definition) is 6. The van der Waals surface area contributed by atoms with Gasteiger partial charge >= 0.3 is 5.97 Å². The lowest BCUT2D eigenvalue weighted by atomic mass is 10.0. The van der Waals surface area contributed by atoms with Crippen LogP contribution in [-0.4, -0.2) is 30.2 Å². The van der Waals surface area contributed by atoms with Gasteiger partial charge in [-0.2, -0.15) is 0 Å². The molecule has 172 valence electrons. The Balaban J connectivity index is 1.68. The molecule has 0 atom stereocenters. The summed E-state index contributed by atoms with van der Waals surface area (Å²) >= 11 is 6.62. The summed E-state index contributed by atoms with van der Waals surface area (Å²) in [6, 6.07) is 17.2. The molecule has 3 aromatic rings. The first-order chi connectivity index (χ1) is 15.9. The molecule has 0 aliphatic carbocycles. The second-order valence-corrected chi connectivity index (χ2v) is 8.71. The van der Waals surface area contributed by atoms with Crippen molar-refractivity contribution < 1.29 is 19.1 Å². The molecule has 0 bridgehead atoms. The number of carbonyl (C=O) groups excluding carboxylic acids is 2. The van der Waals surface area contributed by atoms with Crippen molar-refractivity contribution in [3.63, 3.8) is 0 Å². The van der Waals surface area contributed by atoms with E-state index in [9.17, 15) is 9.59 Å². The summed E-state index contributed by atoms with van der Waals surface area (Å²) in [5.41, 5.74) is 3.03. The zero-order valence-corrected chi connectivity index (χ0v) is 20.3. The van der Waals surface area contributed by atoms with Crippen LogP contribution in [0.5, 0.6) is 5.75 Å². The highest BCUT2D eigenvalue weighted by Gasteiger charge is 2.22. The molecule has 1 heterocycles. The fourth-order valence-corrected chi connectivity index (χ4v) is 4.46. The minimum atomic E-state index is -0.456. The summed E-state index contributed by atoms with van der Waals surface area (Å²) in [5.74, 6) is 0.0780. The van der Waals surface area contributed by atoms with Gasteiger partial charge in [-0.3, -0.25) is 10.1 Å². The van der Waals surface area contributed by atoms with Crippen molar-refractivity contribution in [3.8, 4) is 16.9 Å². The molecule has 2 aromatic carbocycles. The predicted molar refractivity (Wildman–Crippen MR) is 136 cm³/mol. The van der Waals surface area contributed by atoms with Crippen LogP contribution in [0, 0.1) is 0 Å². The van der Waals surface area contributed by atoms with Gasteiger partial charge in [-0.25, -0.2) is 4.79 Å². The second kappa shape index (κ2) is 11.6. The van der Waals surface area contributed by atoms with Crippen LogP contribution in [0.15, 0.2) is 60.0 Å². The lowest BCUT2D eigenvalue weighted by Crippen LogP contribution is -2.37. The van der Waals surface area contributed by atoms with Gasteiger partial charge in [0.25, 0.3) is 5.91 Å². The number of amides is 1. The Labute approximate surface area is 202 Å². The summed E-state index contributed by atoms with van der Waals surface area (Å²) in [4.78, 5) is 25.1. The van der Waals surface area contributed by atoms with Gasteiger partial charge in [0, 0.05) is 10.9 Å². The summed E-state index contributed by atoms with van der Waals surface area (Å²) in [6.07, 6.45) is 0. The van der Waals surface area contributed by atoms with Crippen molar-refractivity contribution in [2.24, 2.45) is 0 Å². The Morgan fingerprint density at radius 1 is 1.06 bits per heavy atom. The van der Waals surface area contributed by atoms with Gasteiger partial charge < -0.3 is 14.8 Å². The average Bonchev–Trinajstić information content (AvgIpc) is 3.22. The van der Waals surface area contributed by atoms with Gasteiger partial charge in [-0.05, 0) is 42.3 Å². The third-order valence-electron chi connectivity index (χ3n) is 4.74. The second-order valence-electron chi connectivity index (χ2n) is 7.42. The van der Waals surface area contributed by atoms with E-state index in [1.54, 1.807) is 6.92 Å². The lowest BCUT2D eigenvalue weighted by Gasteiger charge is -2.14. The first kappa shape index (κ1) is 24.4. The molecule has 0 saturated heterocycles. The van der Waals surface area contributed by atoms with Gasteiger partial charge in [0.05, 0.1) is 6.61 Å². The highest BCUT2D eigenvalue weighted by molar-refractivity contribution is 7.80. The van der Waals surface area contributed by atoms with E-state index in [0.717, 1.165) is 16.7 Å². The number of rotatable bonds is 8. The Kier molecular flexibility index (Phi) is 8.57. The van der Waals surface area contributed by atoms with Crippen molar-refractivity contribution in [2.45, 2.75) is 26.7 Å². The smallest absolute Gasteiger partial charge is 0.341 e. The number of thiophene rings is 1. The monoisotopic (exact) mass is 482 g/mol. The van der Waals surface area contributed by atoms with Crippen LogP contribution in [0.2, 0.25) is 0 Å². The molecular formula is C25H26N2O4S2. The van der Waals surface area contributed by atoms with E-state index in [2.05, 4.69) is 24.5 Å². The highest BCUT2D eigenvalue weighted by atomic mass is 32.1. The molecular weight excluding hydrogens is 456 g/mol. The number of carbonyl (C=O) groups is 2. The minimum Gasteiger partial charge on any atom is -0.483 e. The zero-order chi connectivity index (χ0) is 23.8. The van der Waals surface area contributed by atoms with Gasteiger partial charge in [0.15, 0.2) is 11.7 Å². The minimum absolute atomic E-state index is 0.0766. The predicted octanol–water partition coefficient (Wildman–Crippen LogP) is 5.61. The lowest BCUT2D eigenvalue weighted by molar-refractivity contribution is -0.121. The van der Waals surface area contributed by atoms with Gasteiger partial charge in [-0.15, -0.1) is 11.3 Å². The highest BCUT2D eigenvalue weighted by Crippen LogP contribution is 2.36. The first-order valence-corrected chi connectivity index (χ1v) is 11.9. The topological polar surface area (TPSA) is 76.7 Å². The van der Waals surface area contributed by atoms with Crippen LogP contribution in [0.25, 0.3) is 11.1 Å². The van der Waals surface area contributed by atoms with Crippen molar-refractivity contribution >= 4 is 45.5 Å². The normalized spacial score (nSPS) is 10.5. The van der Waals surface area contributed by atoms with E-state index < -0.39 is 11.9 Å². The average molecular weight is 483 g/mol. The van der Waals surface area contributed by atoms with E-state index in [1.165, 1.54) is 11.3 Å². The van der Waals surface area contributed by atoms with Crippen molar-refractivity contribution in [1.29, 1.82) is 0 Å². The van der Waals surface area contributed by atoms with Crippen molar-refractivity contribution in [2.75, 3.05) is 18.5 Å². The number of benzene rings is 2. The van der Waals surface area contributed by atoms with Gasteiger partial charge in [0.1, 0.15) is 16.3 Å². The zero-order valence-electron chi connectivity index (χ0n) is 18.7. The molecule has 0 aliphatic rings. The van der Waals surface area contributed by atoms with Crippen LogP contribution < -0.4 is 15.4 Å². The van der Waals surface area contributed by atoms with Crippen LogP contribution >= 0.6 is 23.6 Å². The third-order valence-corrected chi connectivity index (χ3v) is 5.83. The number of hydrogen-bond donors (Lipinski definition) is 2. The van der Waals surface area contributed by atoms with E-state index in [1.807, 2.05) is 60.0 Å². The summed E-state index contributed by atoms with van der Waals surface area (Å²) in [7, 11) is 0. The molecule has 1 aromatic heterocycles. The Morgan fingerprint density at radius 2 is 1.76 bits per heavy atom. The maximum Gasteiger partial charge on any atom is 0.341 e. The molecule has 6 nitrogen and oxygen atoms in total. The number of ether oxygens (including phenoxy) is 2. The number of esters is 1. The number of thiocarbonyl (C=S) groups is 1. The van der Waals surface area contributed by atoms with Crippen molar-refractivity contribution in [3.05, 3.63) is 71.1 Å². The first-order valence-electron chi connectivity index (χ1n) is 10.6. The molecule has 0 unspecified atom stereocenters. The van der Waals surface area contributed by atoms with Gasteiger partial charge in [0.2, 0.25) is 0 Å². The number of nitrogens with one attached hydrogen (secondary N) is 2. The molecule has 33 heavy (non-hydrogen) atoms. The standard InChI is InChI=1S/C25H26N2O4S2/c1-4-30-24(29)22-19(17-10-6-5-7-11-17)15-33-23(22)27-25(32)26-21(28)14-31-20-13-9-8-12-18(20)16(2)3/h5-13,15-16H,4,14H2,1-3H3,(H2,26,27,28,32). The molecule has 0 radical (unpaired) electrons. The van der Waals surface area contributed by atoms with E-state index in [0.29, 0.717) is 16.3 Å². The Morgan fingerprint density at radius 3 is 2.45 bits per heavy atom. The van der Waals surface area contributed by atoms with E-state index in [4.69, 9.17) is 21.7 Å². The summed E-state index contributed by atoms with van der Waals surface area (Å²) < 4.78 is 10.9. The van der Waals surface area contributed by atoms with Crippen molar-refractivity contribution in [1.82, 2.24) is 5.32 Å².